The Balaban J connectivity index is 3.65. The highest BCUT2D eigenvalue weighted by Crippen LogP contribution is 2.07. The summed E-state index contributed by atoms with van der Waals surface area (Å²) in [7, 11) is 0. The van der Waals surface area contributed by atoms with E-state index in [1.54, 1.807) is 0 Å². The van der Waals surface area contributed by atoms with Gasteiger partial charge in [0.2, 0.25) is 11.8 Å². The van der Waals surface area contributed by atoms with Crippen molar-refractivity contribution in [1.82, 2.24) is 5.32 Å². The summed E-state index contributed by atoms with van der Waals surface area (Å²) < 4.78 is 0. The molecule has 4 N–H and O–H groups in total. The van der Waals surface area contributed by atoms with Gasteiger partial charge >= 0.3 is 5.97 Å². The van der Waals surface area contributed by atoms with Crippen molar-refractivity contribution in [1.29, 1.82) is 0 Å². The van der Waals surface area contributed by atoms with Gasteiger partial charge in [0.15, 0.2) is 0 Å². The maximum atomic E-state index is 11.7. The van der Waals surface area contributed by atoms with E-state index in [1.807, 2.05) is 0 Å². The Labute approximate surface area is 144 Å². The summed E-state index contributed by atoms with van der Waals surface area (Å²) in [6.07, 6.45) is 14.2. The topological polar surface area (TPSA) is 109 Å². The summed E-state index contributed by atoms with van der Waals surface area (Å²) >= 11 is 0. The van der Waals surface area contributed by atoms with Gasteiger partial charge in [-0.3, -0.25) is 9.59 Å². The smallest absolute Gasteiger partial charge is 0.326 e. The molecule has 0 aliphatic heterocycles. The van der Waals surface area contributed by atoms with Gasteiger partial charge in [0.25, 0.3) is 0 Å². The van der Waals surface area contributed by atoms with Crippen LogP contribution in [-0.4, -0.2) is 28.9 Å². The molecule has 0 aromatic carbocycles. The van der Waals surface area contributed by atoms with E-state index in [1.165, 1.54) is 25.7 Å². The predicted octanol–water partition coefficient (Wildman–Crippen LogP) is 2.91. The van der Waals surface area contributed by atoms with Gasteiger partial charge in [-0.15, -0.1) is 0 Å². The second kappa shape index (κ2) is 14.7. The number of primary amides is 1. The van der Waals surface area contributed by atoms with Crippen molar-refractivity contribution in [3.8, 4) is 0 Å². The summed E-state index contributed by atoms with van der Waals surface area (Å²) in [6.45, 7) is 2.20. The van der Waals surface area contributed by atoms with E-state index in [0.29, 0.717) is 6.42 Å². The normalized spacial score (nSPS) is 12.2. The highest BCUT2D eigenvalue weighted by Gasteiger charge is 2.21. The number of allylic oxidation sites excluding steroid dienone is 2. The molecule has 0 aliphatic carbocycles. The van der Waals surface area contributed by atoms with Gasteiger partial charge < -0.3 is 16.2 Å². The number of carbonyl (C=O) groups is 3. The van der Waals surface area contributed by atoms with Gasteiger partial charge in [-0.2, -0.15) is 0 Å². The average Bonchev–Trinajstić information content (AvgIpc) is 2.51. The number of unbranched alkanes of at least 4 members (excludes halogenated alkanes) is 7. The van der Waals surface area contributed by atoms with E-state index in [2.05, 4.69) is 24.4 Å². The van der Waals surface area contributed by atoms with Crippen molar-refractivity contribution in [3.05, 3.63) is 12.2 Å². The summed E-state index contributed by atoms with van der Waals surface area (Å²) in [6, 6.07) is -1.23. The fourth-order valence-corrected chi connectivity index (χ4v) is 2.32. The molecule has 0 aromatic rings. The lowest BCUT2D eigenvalue weighted by molar-refractivity contribution is -0.143. The van der Waals surface area contributed by atoms with Crippen LogP contribution in [0.1, 0.15) is 77.6 Å². The minimum atomic E-state index is -1.24. The Morgan fingerprint density at radius 1 is 1.00 bits per heavy atom. The van der Waals surface area contributed by atoms with Crippen molar-refractivity contribution in [2.45, 2.75) is 83.6 Å². The number of amides is 2. The molecule has 0 unspecified atom stereocenters. The van der Waals surface area contributed by atoms with Crippen LogP contribution in [0.15, 0.2) is 12.2 Å². The number of carboxylic acid groups (broad SMARTS) is 1. The molecule has 0 bridgehead atoms. The largest absolute Gasteiger partial charge is 0.480 e. The third kappa shape index (κ3) is 13.8. The predicted molar refractivity (Wildman–Crippen MR) is 94.4 cm³/mol. The lowest BCUT2D eigenvalue weighted by Gasteiger charge is -2.12. The highest BCUT2D eigenvalue weighted by molar-refractivity contribution is 5.88. The zero-order valence-electron chi connectivity index (χ0n) is 14.8. The Hall–Kier alpha value is -1.85. The molecule has 6 nitrogen and oxygen atoms in total. The lowest BCUT2D eigenvalue weighted by atomic mass is 10.1. The Kier molecular flexibility index (Phi) is 13.6. The molecule has 6 heteroatoms. The van der Waals surface area contributed by atoms with Gasteiger partial charge in [-0.1, -0.05) is 44.8 Å². The van der Waals surface area contributed by atoms with Crippen molar-refractivity contribution in [2.75, 3.05) is 0 Å². The maximum Gasteiger partial charge on any atom is 0.326 e. The van der Waals surface area contributed by atoms with E-state index < -0.39 is 17.9 Å². The van der Waals surface area contributed by atoms with Crippen molar-refractivity contribution < 1.29 is 19.5 Å². The minimum Gasteiger partial charge on any atom is -0.480 e. The molecule has 0 aliphatic rings. The fourth-order valence-electron chi connectivity index (χ4n) is 2.32. The number of hydrogen-bond acceptors (Lipinski definition) is 3. The number of aliphatic carboxylic acids is 1. The second-order valence-electron chi connectivity index (χ2n) is 6.05. The zero-order valence-corrected chi connectivity index (χ0v) is 14.8. The van der Waals surface area contributed by atoms with Crippen LogP contribution < -0.4 is 11.1 Å². The first-order valence-corrected chi connectivity index (χ1v) is 8.92. The molecule has 0 fully saturated rings. The van der Waals surface area contributed by atoms with E-state index in [-0.39, 0.29) is 18.7 Å². The number of nitrogens with one attached hydrogen (secondary N) is 1. The molecule has 0 radical (unpaired) electrons. The minimum absolute atomic E-state index is 0.267. The van der Waals surface area contributed by atoms with Crippen LogP contribution in [0.3, 0.4) is 0 Å². The molecule has 0 aromatic heterocycles. The number of hydrogen-bond donors (Lipinski definition) is 3. The standard InChI is InChI=1S/C18H32N2O4/c1-2-3-4-5-6-7-8-9-10-11-12-13-17(22)20-15(18(23)24)14-16(19)21/h7-8,15H,2-6,9-14H2,1H3,(H2,19,21)(H,20,22)(H,23,24)/t15-/m1/s1. The third-order valence-corrected chi connectivity index (χ3v) is 3.70. The van der Waals surface area contributed by atoms with Crippen LogP contribution in [0, 0.1) is 0 Å². The first-order valence-electron chi connectivity index (χ1n) is 8.92. The Bertz CT molecular complexity index is 408. The number of carbonyl (C=O) groups excluding carboxylic acids is 2. The molecule has 1 atom stereocenters. The SMILES string of the molecule is CCCCCCC=CCCCCCC(=O)N[C@H](CC(N)=O)C(=O)O. The van der Waals surface area contributed by atoms with Crippen molar-refractivity contribution in [3.63, 3.8) is 0 Å². The van der Waals surface area contributed by atoms with Crippen LogP contribution >= 0.6 is 0 Å². The first kappa shape index (κ1) is 22.1. The molecule has 2 amide bonds. The summed E-state index contributed by atoms with van der Waals surface area (Å²) in [5.41, 5.74) is 4.96. The van der Waals surface area contributed by atoms with E-state index in [4.69, 9.17) is 10.8 Å². The monoisotopic (exact) mass is 340 g/mol. The number of nitrogens with two attached hydrogens (primary N) is 1. The van der Waals surface area contributed by atoms with Gasteiger partial charge in [0.05, 0.1) is 6.42 Å². The molecule has 0 spiro atoms. The van der Waals surface area contributed by atoms with Crippen LogP contribution in [0.25, 0.3) is 0 Å². The van der Waals surface area contributed by atoms with E-state index in [0.717, 1.165) is 25.7 Å². The molecule has 0 saturated carbocycles. The number of carboxylic acids is 1. The summed E-state index contributed by atoms with van der Waals surface area (Å²) in [5.74, 6) is -2.34. The van der Waals surface area contributed by atoms with Crippen LogP contribution in [0.4, 0.5) is 0 Å². The molecule has 0 rings (SSSR count). The molecule has 138 valence electrons. The fraction of sp³-hybridized carbons (Fsp3) is 0.722. The Morgan fingerprint density at radius 2 is 1.58 bits per heavy atom. The Morgan fingerprint density at radius 3 is 2.08 bits per heavy atom. The lowest BCUT2D eigenvalue weighted by Crippen LogP contribution is -2.43. The highest BCUT2D eigenvalue weighted by atomic mass is 16.4. The van der Waals surface area contributed by atoms with Crippen molar-refractivity contribution in [2.24, 2.45) is 5.73 Å². The third-order valence-electron chi connectivity index (χ3n) is 3.70. The van der Waals surface area contributed by atoms with Crippen LogP contribution in [0.5, 0.6) is 0 Å². The second-order valence-corrected chi connectivity index (χ2v) is 6.05. The molecule has 0 heterocycles. The summed E-state index contributed by atoms with van der Waals surface area (Å²) in [5, 5.41) is 11.2. The molecular formula is C18H32N2O4. The molecule has 24 heavy (non-hydrogen) atoms. The van der Waals surface area contributed by atoms with Gasteiger partial charge in [-0.05, 0) is 32.1 Å². The average molecular weight is 340 g/mol. The van der Waals surface area contributed by atoms with E-state index in [9.17, 15) is 14.4 Å². The first-order chi connectivity index (χ1) is 11.5. The van der Waals surface area contributed by atoms with E-state index >= 15 is 0 Å². The molecule has 0 saturated heterocycles. The van der Waals surface area contributed by atoms with Gasteiger partial charge in [-0.25, -0.2) is 4.79 Å². The number of rotatable bonds is 15. The van der Waals surface area contributed by atoms with Gasteiger partial charge in [0, 0.05) is 6.42 Å². The van der Waals surface area contributed by atoms with Gasteiger partial charge in [0.1, 0.15) is 6.04 Å². The van der Waals surface area contributed by atoms with Crippen LogP contribution in [0.2, 0.25) is 0 Å². The quantitative estimate of drug-likeness (QED) is 0.314. The van der Waals surface area contributed by atoms with Crippen molar-refractivity contribution >= 4 is 17.8 Å². The molecular weight excluding hydrogens is 308 g/mol. The maximum absolute atomic E-state index is 11.7. The summed E-state index contributed by atoms with van der Waals surface area (Å²) in [4.78, 5) is 33.3. The van der Waals surface area contributed by atoms with Crippen LogP contribution in [-0.2, 0) is 14.4 Å². The zero-order chi connectivity index (χ0) is 18.2.